The number of amides is 1. The number of fused-ring (bicyclic) bond motifs is 1. The second-order valence-electron chi connectivity index (χ2n) is 7.34. The van der Waals surface area contributed by atoms with Crippen LogP contribution in [0, 0.1) is 0 Å². The maximum absolute atomic E-state index is 13.0. The lowest BCUT2D eigenvalue weighted by atomic mass is 10.0. The molecule has 0 unspecified atom stereocenters. The third-order valence-electron chi connectivity index (χ3n) is 5.30. The molecule has 9 heteroatoms. The summed E-state index contributed by atoms with van der Waals surface area (Å²) in [5, 5.41) is 2.79. The van der Waals surface area contributed by atoms with E-state index in [9.17, 15) is 18.0 Å². The Morgan fingerprint density at radius 1 is 1.13 bits per heavy atom. The summed E-state index contributed by atoms with van der Waals surface area (Å²) in [4.78, 5) is 24.4. The summed E-state index contributed by atoms with van der Waals surface area (Å²) in [5.41, 5.74) is 1.44. The van der Waals surface area contributed by atoms with Crippen LogP contribution in [-0.2, 0) is 19.6 Å². The lowest BCUT2D eigenvalue weighted by molar-refractivity contribution is -0.118. The van der Waals surface area contributed by atoms with Crippen LogP contribution in [0.15, 0.2) is 47.4 Å². The van der Waals surface area contributed by atoms with Crippen molar-refractivity contribution in [3.05, 3.63) is 58.6 Å². The molecule has 7 nitrogen and oxygen atoms in total. The van der Waals surface area contributed by atoms with Gasteiger partial charge in [0.2, 0.25) is 15.9 Å². The van der Waals surface area contributed by atoms with Crippen molar-refractivity contribution >= 4 is 39.2 Å². The van der Waals surface area contributed by atoms with Gasteiger partial charge in [0, 0.05) is 24.3 Å². The van der Waals surface area contributed by atoms with Crippen LogP contribution in [0.3, 0.4) is 0 Å². The molecule has 0 bridgehead atoms. The van der Waals surface area contributed by atoms with Crippen LogP contribution in [0.5, 0.6) is 0 Å². The van der Waals surface area contributed by atoms with Gasteiger partial charge in [-0.05, 0) is 37.1 Å². The average Bonchev–Trinajstić information content (AvgIpc) is 3.05. The van der Waals surface area contributed by atoms with Gasteiger partial charge in [-0.25, -0.2) is 13.2 Å². The fourth-order valence-corrected chi connectivity index (χ4v) is 5.79. The molecule has 30 heavy (non-hydrogen) atoms. The minimum absolute atomic E-state index is 0.0264. The molecule has 2 aromatic rings. The summed E-state index contributed by atoms with van der Waals surface area (Å²) in [7, 11) is -3.74. The highest BCUT2D eigenvalue weighted by molar-refractivity contribution is 7.89. The molecule has 0 saturated carbocycles. The van der Waals surface area contributed by atoms with E-state index in [1.807, 2.05) is 0 Å². The van der Waals surface area contributed by atoms with Crippen molar-refractivity contribution in [3.8, 4) is 0 Å². The van der Waals surface area contributed by atoms with Crippen molar-refractivity contribution in [1.29, 1.82) is 0 Å². The molecule has 2 aliphatic rings. The number of cyclic esters (lactones) is 1. The lowest BCUT2D eigenvalue weighted by Crippen LogP contribution is -2.35. The van der Waals surface area contributed by atoms with Crippen LogP contribution in [0.25, 0.3) is 0 Å². The first-order valence-corrected chi connectivity index (χ1v) is 11.6. The van der Waals surface area contributed by atoms with Crippen LogP contribution in [0.2, 0.25) is 5.02 Å². The van der Waals surface area contributed by atoms with E-state index in [1.165, 1.54) is 16.4 Å². The second-order valence-corrected chi connectivity index (χ2v) is 9.66. The van der Waals surface area contributed by atoms with Crippen molar-refractivity contribution in [2.24, 2.45) is 0 Å². The molecular formula is C21H21ClN2O5S. The van der Waals surface area contributed by atoms with Crippen molar-refractivity contribution < 1.29 is 22.7 Å². The largest absolute Gasteiger partial charge is 0.453 e. The minimum atomic E-state index is -3.74. The van der Waals surface area contributed by atoms with Gasteiger partial charge in [0.1, 0.15) is 11.0 Å². The average molecular weight is 449 g/mol. The zero-order valence-corrected chi connectivity index (χ0v) is 17.7. The standard InChI is InChI=1S/C21H21ClN2O5S/c22-17-9-8-14(12-19(17)30(27,28)24-10-4-1-5-11-24)23-20(25)13-18-15-6-2-3-7-16(15)21(26)29-18/h2-3,6-9,12,18H,1,4-5,10-11,13H2,(H,23,25)/t18-/m0/s1. The van der Waals surface area contributed by atoms with E-state index >= 15 is 0 Å². The van der Waals surface area contributed by atoms with E-state index in [0.717, 1.165) is 19.3 Å². The quantitative estimate of drug-likeness (QED) is 0.703. The molecule has 2 heterocycles. The van der Waals surface area contributed by atoms with Gasteiger partial charge in [-0.3, -0.25) is 4.79 Å². The zero-order valence-electron chi connectivity index (χ0n) is 16.1. The maximum atomic E-state index is 13.0. The predicted molar refractivity (Wildman–Crippen MR) is 112 cm³/mol. The lowest BCUT2D eigenvalue weighted by Gasteiger charge is -2.26. The summed E-state index contributed by atoms with van der Waals surface area (Å²) in [6.45, 7) is 0.920. The van der Waals surface area contributed by atoms with Gasteiger partial charge in [0.05, 0.1) is 17.0 Å². The molecule has 1 atom stereocenters. The monoisotopic (exact) mass is 448 g/mol. The van der Waals surface area contributed by atoms with Crippen LogP contribution in [-0.4, -0.2) is 37.7 Å². The molecule has 2 aliphatic heterocycles. The highest BCUT2D eigenvalue weighted by atomic mass is 35.5. The Hall–Kier alpha value is -2.42. The van der Waals surface area contributed by atoms with Gasteiger partial charge < -0.3 is 10.1 Å². The van der Waals surface area contributed by atoms with E-state index in [-0.39, 0.29) is 16.3 Å². The van der Waals surface area contributed by atoms with Crippen molar-refractivity contribution in [1.82, 2.24) is 4.31 Å². The van der Waals surface area contributed by atoms with Crippen molar-refractivity contribution in [3.63, 3.8) is 0 Å². The number of nitrogens with one attached hydrogen (secondary N) is 1. The molecule has 1 amide bonds. The Morgan fingerprint density at radius 3 is 2.63 bits per heavy atom. The van der Waals surface area contributed by atoms with E-state index in [4.69, 9.17) is 16.3 Å². The van der Waals surface area contributed by atoms with Crippen LogP contribution in [0.1, 0.15) is 47.7 Å². The number of carbonyl (C=O) groups excluding carboxylic acids is 2. The Morgan fingerprint density at radius 2 is 1.87 bits per heavy atom. The zero-order chi connectivity index (χ0) is 21.3. The van der Waals surface area contributed by atoms with Crippen molar-refractivity contribution in [2.45, 2.75) is 36.7 Å². The highest BCUT2D eigenvalue weighted by Crippen LogP contribution is 2.33. The van der Waals surface area contributed by atoms with Gasteiger partial charge in [-0.1, -0.05) is 36.2 Å². The Balaban J connectivity index is 1.50. The molecular weight excluding hydrogens is 428 g/mol. The van der Waals surface area contributed by atoms with Gasteiger partial charge in [-0.2, -0.15) is 4.31 Å². The number of sulfonamides is 1. The molecule has 0 aliphatic carbocycles. The third kappa shape index (κ3) is 4.08. The Labute approximate surface area is 180 Å². The Bertz CT molecular complexity index is 1100. The summed E-state index contributed by atoms with van der Waals surface area (Å²) in [5.74, 6) is -0.849. The molecule has 0 spiro atoms. The van der Waals surface area contributed by atoms with Gasteiger partial charge in [-0.15, -0.1) is 0 Å². The van der Waals surface area contributed by atoms with Gasteiger partial charge in [0.25, 0.3) is 0 Å². The first-order chi connectivity index (χ1) is 14.4. The molecule has 1 fully saturated rings. The van der Waals surface area contributed by atoms with E-state index in [0.29, 0.717) is 29.9 Å². The second kappa shape index (κ2) is 8.37. The molecule has 1 N–H and O–H groups in total. The number of hydrogen-bond donors (Lipinski definition) is 1. The van der Waals surface area contributed by atoms with E-state index < -0.39 is 28.0 Å². The smallest absolute Gasteiger partial charge is 0.339 e. The number of carbonyl (C=O) groups is 2. The van der Waals surface area contributed by atoms with E-state index in [2.05, 4.69) is 5.32 Å². The summed E-state index contributed by atoms with van der Waals surface area (Å²) >= 11 is 6.17. The number of benzene rings is 2. The summed E-state index contributed by atoms with van der Waals surface area (Å²) in [6.07, 6.45) is 1.89. The molecule has 2 aromatic carbocycles. The molecule has 0 aromatic heterocycles. The molecule has 0 radical (unpaired) electrons. The number of halogens is 1. The van der Waals surface area contributed by atoms with Crippen LogP contribution >= 0.6 is 11.6 Å². The van der Waals surface area contributed by atoms with Crippen molar-refractivity contribution in [2.75, 3.05) is 18.4 Å². The first kappa shape index (κ1) is 20.8. The number of hydrogen-bond acceptors (Lipinski definition) is 5. The number of piperidine rings is 1. The summed E-state index contributed by atoms with van der Waals surface area (Å²) in [6, 6.07) is 11.3. The van der Waals surface area contributed by atoms with Gasteiger partial charge in [0.15, 0.2) is 0 Å². The fourth-order valence-electron chi connectivity index (χ4n) is 3.77. The highest BCUT2D eigenvalue weighted by Gasteiger charge is 2.32. The normalized spacial score (nSPS) is 19.2. The molecule has 158 valence electrons. The number of rotatable bonds is 5. The maximum Gasteiger partial charge on any atom is 0.339 e. The fraction of sp³-hybridized carbons (Fsp3) is 0.333. The summed E-state index contributed by atoms with van der Waals surface area (Å²) < 4.78 is 32.7. The van der Waals surface area contributed by atoms with Gasteiger partial charge >= 0.3 is 5.97 Å². The predicted octanol–water partition coefficient (Wildman–Crippen LogP) is 3.75. The number of nitrogens with zero attached hydrogens (tertiary/aromatic N) is 1. The SMILES string of the molecule is O=C(C[C@@H]1OC(=O)c2ccccc21)Nc1ccc(Cl)c(S(=O)(=O)N2CCCCC2)c1. The first-order valence-electron chi connectivity index (χ1n) is 9.76. The third-order valence-corrected chi connectivity index (χ3v) is 7.68. The molecule has 1 saturated heterocycles. The number of anilines is 1. The van der Waals surface area contributed by atoms with Crippen LogP contribution in [0.4, 0.5) is 5.69 Å². The van der Waals surface area contributed by atoms with E-state index in [1.54, 1.807) is 30.3 Å². The molecule has 4 rings (SSSR count). The topological polar surface area (TPSA) is 92.8 Å². The van der Waals surface area contributed by atoms with Crippen LogP contribution < -0.4 is 5.32 Å². The Kier molecular flexibility index (Phi) is 5.81. The number of esters is 1. The minimum Gasteiger partial charge on any atom is -0.453 e. The number of ether oxygens (including phenoxy) is 1.